The van der Waals surface area contributed by atoms with Gasteiger partial charge in [-0.15, -0.1) is 0 Å². The Morgan fingerprint density at radius 1 is 1.20 bits per heavy atom. The highest BCUT2D eigenvalue weighted by atomic mass is 35.5. The smallest absolute Gasteiger partial charge is 0.409 e. The molecule has 3 N–H and O–H groups in total. The second-order valence-corrected chi connectivity index (χ2v) is 18.9. The van der Waals surface area contributed by atoms with E-state index >= 15 is 0 Å². The van der Waals surface area contributed by atoms with E-state index in [0.717, 1.165) is 11.1 Å². The SMILES string of the molecule is CNC(=O)CCC(C)SSCCC(=O)N(C)[C@H](C)C(=O)O[C@H]1CC(=O)N(C)c2cc(cc(OC)c2Cl)C/C(C)=C/C=C/[C@@H](OC)[C@@]2(O)C[C@H](OC(=O)N2)[C@@H](C)[C@@H]2O[C@@]12C. The van der Waals surface area contributed by atoms with Crippen molar-refractivity contribution in [3.63, 3.8) is 0 Å². The number of hydrogen-bond donors (Lipinski definition) is 3. The minimum Gasteiger partial charge on any atom is -0.495 e. The maximum absolute atomic E-state index is 14.2. The number of ether oxygens (including phenoxy) is 5. The fourth-order valence-corrected chi connectivity index (χ4v) is 9.83. The number of carbonyl (C=O) groups excluding carboxylic acids is 5. The van der Waals surface area contributed by atoms with Crippen LogP contribution in [0.2, 0.25) is 5.02 Å². The number of amides is 4. The number of allylic oxidation sites excluding steroid dienone is 3. The second kappa shape index (κ2) is 20.9. The van der Waals surface area contributed by atoms with E-state index in [4.69, 9.17) is 35.3 Å². The van der Waals surface area contributed by atoms with Crippen LogP contribution in [0, 0.1) is 5.92 Å². The molecular formula is C41H59ClN4O11S2. The third-order valence-electron chi connectivity index (χ3n) is 11.2. The van der Waals surface area contributed by atoms with Crippen LogP contribution in [-0.2, 0) is 44.5 Å². The Bertz CT molecular complexity index is 1780. The van der Waals surface area contributed by atoms with Crippen LogP contribution in [0.1, 0.15) is 72.3 Å². The number of esters is 1. The highest BCUT2D eigenvalue weighted by molar-refractivity contribution is 8.76. The predicted octanol–water partition coefficient (Wildman–Crippen LogP) is 5.20. The van der Waals surface area contributed by atoms with Gasteiger partial charge in [-0.05, 0) is 51.3 Å². The molecule has 0 aromatic heterocycles. The molecule has 0 radical (unpaired) electrons. The summed E-state index contributed by atoms with van der Waals surface area (Å²) in [6.45, 7) is 9.01. The van der Waals surface area contributed by atoms with Crippen molar-refractivity contribution < 1.29 is 52.8 Å². The molecule has 4 rings (SSSR count). The maximum atomic E-state index is 14.2. The standard InChI is InChI=1S/C41H59ClN4O11S2/c1-23-12-11-13-31(54-10)41(52)22-30(55-39(51)44-41)25(3)37-40(5,57-37)32(21-35(49)46(8)28-19-27(18-23)20-29(53-9)36(28)42)56-38(50)26(4)45(7)34(48)16-17-58-59-24(2)14-15-33(47)43-6/h11-13,19-20,24-26,30-32,37,52H,14-18,21-22H2,1-10H3,(H,43,47)(H,44,51)/b13-11+,23-12+/t24?,25-,26-,30+,31-,32+,37+,40+,41+/m1/s1. The summed E-state index contributed by atoms with van der Waals surface area (Å²) in [4.78, 5) is 68.5. The number of rotatable bonds is 13. The number of epoxide rings is 1. The van der Waals surface area contributed by atoms with Crippen molar-refractivity contribution in [2.75, 3.05) is 46.0 Å². The number of nitrogens with one attached hydrogen (secondary N) is 2. The molecule has 2 fully saturated rings. The Kier molecular flexibility index (Phi) is 17.0. The van der Waals surface area contributed by atoms with Crippen LogP contribution in [0.15, 0.2) is 35.9 Å². The van der Waals surface area contributed by atoms with Crippen LogP contribution in [0.25, 0.3) is 0 Å². The molecular weight excluding hydrogens is 824 g/mol. The topological polar surface area (TPSA) is 186 Å². The van der Waals surface area contributed by atoms with Gasteiger partial charge in [-0.25, -0.2) is 9.59 Å². The van der Waals surface area contributed by atoms with E-state index in [1.54, 1.807) is 69.9 Å². The predicted molar refractivity (Wildman–Crippen MR) is 228 cm³/mol. The van der Waals surface area contributed by atoms with Gasteiger partial charge in [0.05, 0.1) is 25.3 Å². The van der Waals surface area contributed by atoms with E-state index in [2.05, 4.69) is 10.6 Å². The Hall–Kier alpha value is -3.48. The van der Waals surface area contributed by atoms with E-state index in [-0.39, 0.29) is 41.3 Å². The molecule has 15 nitrogen and oxygen atoms in total. The molecule has 1 unspecified atom stereocenters. The van der Waals surface area contributed by atoms with Gasteiger partial charge >= 0.3 is 12.1 Å². The molecule has 0 aliphatic carbocycles. The number of anilines is 1. The summed E-state index contributed by atoms with van der Waals surface area (Å²) < 4.78 is 29.3. The van der Waals surface area contributed by atoms with Gasteiger partial charge in [-0.3, -0.25) is 19.7 Å². The van der Waals surface area contributed by atoms with Gasteiger partial charge < -0.3 is 43.9 Å². The molecule has 328 valence electrons. The lowest BCUT2D eigenvalue weighted by molar-refractivity contribution is -0.162. The number of carbonyl (C=O) groups is 5. The van der Waals surface area contributed by atoms with E-state index in [0.29, 0.717) is 36.5 Å². The zero-order valence-corrected chi connectivity index (χ0v) is 37.9. The first-order valence-corrected chi connectivity index (χ1v) is 22.4. The van der Waals surface area contributed by atoms with Crippen LogP contribution in [0.5, 0.6) is 5.75 Å². The molecule has 9 atom stereocenters. The van der Waals surface area contributed by atoms with E-state index < -0.39 is 65.7 Å². The number of benzene rings is 1. The molecule has 4 bridgehead atoms. The summed E-state index contributed by atoms with van der Waals surface area (Å²) in [5.41, 5.74) is -0.976. The lowest BCUT2D eigenvalue weighted by Gasteiger charge is -2.42. The van der Waals surface area contributed by atoms with Crippen LogP contribution < -0.4 is 20.3 Å². The number of halogens is 1. The Balaban J connectivity index is 1.61. The van der Waals surface area contributed by atoms with Crippen molar-refractivity contribution >= 4 is 68.7 Å². The molecule has 1 aromatic rings. The fourth-order valence-electron chi connectivity index (χ4n) is 7.20. The molecule has 0 saturated carbocycles. The molecule has 18 heteroatoms. The third kappa shape index (κ3) is 12.1. The van der Waals surface area contributed by atoms with Crippen molar-refractivity contribution in [2.24, 2.45) is 5.92 Å². The van der Waals surface area contributed by atoms with Gasteiger partial charge in [-0.2, -0.15) is 0 Å². The van der Waals surface area contributed by atoms with Crippen LogP contribution >= 0.6 is 33.2 Å². The summed E-state index contributed by atoms with van der Waals surface area (Å²) in [5.74, 6) is -1.16. The maximum Gasteiger partial charge on any atom is 0.409 e. The van der Waals surface area contributed by atoms with Crippen LogP contribution in [0.3, 0.4) is 0 Å². The van der Waals surface area contributed by atoms with Crippen molar-refractivity contribution in [3.05, 3.63) is 46.5 Å². The minimum atomic E-state index is -1.84. The summed E-state index contributed by atoms with van der Waals surface area (Å²) in [7, 11) is 10.7. The zero-order valence-electron chi connectivity index (χ0n) is 35.5. The lowest BCUT2D eigenvalue weighted by Crippen LogP contribution is -2.63. The monoisotopic (exact) mass is 882 g/mol. The van der Waals surface area contributed by atoms with Crippen molar-refractivity contribution in [1.82, 2.24) is 15.5 Å². The summed E-state index contributed by atoms with van der Waals surface area (Å²) in [6, 6.07) is 2.57. The highest BCUT2D eigenvalue weighted by Crippen LogP contribution is 2.49. The number of aliphatic hydroxyl groups is 1. The van der Waals surface area contributed by atoms with Crippen molar-refractivity contribution in [2.45, 2.75) is 120 Å². The van der Waals surface area contributed by atoms with E-state index in [9.17, 15) is 29.1 Å². The first-order chi connectivity index (χ1) is 27.8. The third-order valence-corrected chi connectivity index (χ3v) is 14.6. The number of methoxy groups -OCH3 is 2. The zero-order chi connectivity index (χ0) is 43.8. The number of nitrogens with zero attached hydrogens (tertiary/aromatic N) is 2. The Labute approximate surface area is 360 Å². The molecule has 3 heterocycles. The van der Waals surface area contributed by atoms with Crippen LogP contribution in [-0.4, -0.2) is 128 Å². The number of fused-ring (bicyclic) bond motifs is 5. The highest BCUT2D eigenvalue weighted by Gasteiger charge is 2.64. The minimum absolute atomic E-state index is 0.0193. The molecule has 4 amide bonds. The fraction of sp³-hybridized carbons (Fsp3) is 0.634. The van der Waals surface area contributed by atoms with Crippen LogP contribution in [0.4, 0.5) is 10.5 Å². The first-order valence-electron chi connectivity index (χ1n) is 19.6. The van der Waals surface area contributed by atoms with Gasteiger partial charge in [0.2, 0.25) is 17.7 Å². The van der Waals surface area contributed by atoms with Crippen molar-refractivity contribution in [3.8, 4) is 5.75 Å². The average molecular weight is 884 g/mol. The Morgan fingerprint density at radius 3 is 2.58 bits per heavy atom. The van der Waals surface area contributed by atoms with E-state index in [1.165, 1.54) is 41.9 Å². The Morgan fingerprint density at radius 2 is 1.92 bits per heavy atom. The van der Waals surface area contributed by atoms with Gasteiger partial charge in [0.25, 0.3) is 0 Å². The molecule has 3 aliphatic rings. The van der Waals surface area contributed by atoms with Gasteiger partial charge in [0, 0.05) is 64.4 Å². The molecule has 3 aliphatic heterocycles. The normalized spacial score (nSPS) is 29.7. The quantitative estimate of drug-likeness (QED) is 0.102. The molecule has 0 spiro atoms. The number of likely N-dealkylation sites (N-methyl/N-ethyl adjacent to an activating group) is 1. The number of hydrogen-bond acceptors (Lipinski definition) is 13. The van der Waals surface area contributed by atoms with Gasteiger partial charge in [-0.1, -0.05) is 70.8 Å². The van der Waals surface area contributed by atoms with Gasteiger partial charge in [0.1, 0.15) is 40.7 Å². The summed E-state index contributed by atoms with van der Waals surface area (Å²) in [5, 5.41) is 17.3. The summed E-state index contributed by atoms with van der Waals surface area (Å²) >= 11 is 6.78. The summed E-state index contributed by atoms with van der Waals surface area (Å²) in [6.07, 6.45) is 2.11. The molecule has 2 saturated heterocycles. The average Bonchev–Trinajstić information content (AvgIpc) is 3.90. The molecule has 1 aromatic carbocycles. The van der Waals surface area contributed by atoms with Gasteiger partial charge in [0.15, 0.2) is 5.72 Å². The van der Waals surface area contributed by atoms with E-state index in [1.807, 2.05) is 19.9 Å². The molecule has 59 heavy (non-hydrogen) atoms. The number of alkyl carbamates (subject to hydrolysis) is 1. The first kappa shape index (κ1) is 48.2. The van der Waals surface area contributed by atoms with Crippen molar-refractivity contribution in [1.29, 1.82) is 0 Å². The lowest BCUT2D eigenvalue weighted by atomic mass is 9.83. The largest absolute Gasteiger partial charge is 0.495 e. The second-order valence-electron chi connectivity index (χ2n) is 15.6.